The van der Waals surface area contributed by atoms with Crippen LogP contribution in [0.1, 0.15) is 62.1 Å². The summed E-state index contributed by atoms with van der Waals surface area (Å²) in [6.45, 7) is 5.81. The second kappa shape index (κ2) is 11.0. The molecule has 33 heavy (non-hydrogen) atoms. The first-order chi connectivity index (χ1) is 15.8. The Hall–Kier alpha value is -2.64. The van der Waals surface area contributed by atoms with Crippen LogP contribution in [0.3, 0.4) is 0 Å². The van der Waals surface area contributed by atoms with Crippen LogP contribution in [-0.4, -0.2) is 50.4 Å². The van der Waals surface area contributed by atoms with Crippen LogP contribution in [0.25, 0.3) is 6.08 Å². The molecule has 1 N–H and O–H groups in total. The molecule has 3 heterocycles. The third kappa shape index (κ3) is 5.31. The minimum atomic E-state index is -1.00. The summed E-state index contributed by atoms with van der Waals surface area (Å²) in [5.74, 6) is -0.604. The lowest BCUT2D eigenvalue weighted by Crippen LogP contribution is -2.35. The van der Waals surface area contributed by atoms with Crippen LogP contribution in [0.5, 0.6) is 0 Å². The molecular formula is C23H28N4O4S2. The molecule has 0 unspecified atom stereocenters. The van der Waals surface area contributed by atoms with E-state index in [0.29, 0.717) is 26.9 Å². The number of nitriles is 1. The first-order valence-electron chi connectivity index (χ1n) is 11.2. The molecule has 2 fully saturated rings. The third-order valence-corrected chi connectivity index (χ3v) is 7.28. The molecule has 1 aromatic heterocycles. The van der Waals surface area contributed by atoms with E-state index in [1.54, 1.807) is 17.6 Å². The lowest BCUT2D eigenvalue weighted by atomic mass is 10.0. The molecule has 8 nitrogen and oxygen atoms in total. The quantitative estimate of drug-likeness (QED) is 0.459. The van der Waals surface area contributed by atoms with Gasteiger partial charge in [0.1, 0.15) is 21.8 Å². The van der Waals surface area contributed by atoms with E-state index in [1.165, 1.54) is 4.90 Å². The molecule has 1 aromatic rings. The van der Waals surface area contributed by atoms with E-state index < -0.39 is 5.97 Å². The number of aromatic nitrogens is 1. The van der Waals surface area contributed by atoms with E-state index in [2.05, 4.69) is 11.0 Å². The molecular weight excluding hydrogens is 460 g/mol. The van der Waals surface area contributed by atoms with Crippen molar-refractivity contribution in [1.29, 1.82) is 5.26 Å². The Morgan fingerprint density at radius 2 is 1.88 bits per heavy atom. The third-order valence-electron chi connectivity index (χ3n) is 5.90. The second-order valence-corrected chi connectivity index (χ2v) is 9.86. The van der Waals surface area contributed by atoms with Gasteiger partial charge in [-0.15, -0.1) is 0 Å². The molecule has 0 radical (unpaired) electrons. The van der Waals surface area contributed by atoms with Crippen molar-refractivity contribution in [2.75, 3.05) is 24.5 Å². The van der Waals surface area contributed by atoms with Crippen molar-refractivity contribution in [3.63, 3.8) is 0 Å². The summed E-state index contributed by atoms with van der Waals surface area (Å²) < 4.78 is 1.98. The molecule has 0 spiro atoms. The summed E-state index contributed by atoms with van der Waals surface area (Å²) in [6, 6.07) is 2.06. The van der Waals surface area contributed by atoms with E-state index in [9.17, 15) is 19.6 Å². The highest BCUT2D eigenvalue weighted by atomic mass is 32.2. The first kappa shape index (κ1) is 25.0. The maximum atomic E-state index is 13.2. The minimum absolute atomic E-state index is 0.00802. The van der Waals surface area contributed by atoms with Gasteiger partial charge in [0.2, 0.25) is 0 Å². The fraction of sp³-hybridized carbons (Fsp3) is 0.522. The Morgan fingerprint density at radius 1 is 1.21 bits per heavy atom. The molecule has 0 bridgehead atoms. The van der Waals surface area contributed by atoms with Crippen LogP contribution in [0, 0.1) is 18.3 Å². The number of rotatable bonds is 7. The molecule has 3 rings (SSSR count). The predicted molar refractivity (Wildman–Crippen MR) is 133 cm³/mol. The van der Waals surface area contributed by atoms with Crippen molar-refractivity contribution in [3.8, 4) is 6.07 Å². The lowest BCUT2D eigenvalue weighted by molar-refractivity contribution is -0.137. The van der Waals surface area contributed by atoms with Gasteiger partial charge in [-0.1, -0.05) is 43.7 Å². The minimum Gasteiger partial charge on any atom is -0.481 e. The van der Waals surface area contributed by atoms with Crippen molar-refractivity contribution in [2.24, 2.45) is 0 Å². The van der Waals surface area contributed by atoms with Crippen LogP contribution in [0.2, 0.25) is 0 Å². The number of hydrogen-bond donors (Lipinski definition) is 1. The van der Waals surface area contributed by atoms with Crippen molar-refractivity contribution in [3.05, 3.63) is 31.9 Å². The normalized spacial score (nSPS) is 18.0. The smallest absolute Gasteiger partial charge is 0.305 e. The van der Waals surface area contributed by atoms with Crippen LogP contribution in [-0.2, 0) is 16.1 Å². The molecule has 0 atom stereocenters. The van der Waals surface area contributed by atoms with Gasteiger partial charge >= 0.3 is 5.97 Å². The van der Waals surface area contributed by atoms with Crippen LogP contribution in [0.4, 0.5) is 5.82 Å². The van der Waals surface area contributed by atoms with Gasteiger partial charge in [0.05, 0.1) is 11.3 Å². The largest absolute Gasteiger partial charge is 0.481 e. The molecule has 0 saturated carbocycles. The summed E-state index contributed by atoms with van der Waals surface area (Å²) >= 11 is 6.45. The zero-order valence-corrected chi connectivity index (χ0v) is 20.6. The van der Waals surface area contributed by atoms with E-state index in [1.807, 2.05) is 6.92 Å². The Balaban J connectivity index is 2.17. The Kier molecular flexibility index (Phi) is 8.32. The number of hydrogen-bond acceptors (Lipinski definition) is 7. The van der Waals surface area contributed by atoms with E-state index in [0.717, 1.165) is 62.8 Å². The van der Waals surface area contributed by atoms with Crippen LogP contribution in [0.15, 0.2) is 9.70 Å². The van der Waals surface area contributed by atoms with Crippen molar-refractivity contribution < 1.29 is 14.7 Å². The predicted octanol–water partition coefficient (Wildman–Crippen LogP) is 3.49. The molecule has 176 valence electrons. The number of amides is 1. The zero-order chi connectivity index (χ0) is 24.1. The fourth-order valence-corrected chi connectivity index (χ4v) is 5.52. The monoisotopic (exact) mass is 488 g/mol. The molecule has 0 aromatic carbocycles. The number of anilines is 1. The number of carboxylic acids is 1. The molecule has 2 saturated heterocycles. The van der Waals surface area contributed by atoms with Gasteiger partial charge in [-0.05, 0) is 37.8 Å². The highest BCUT2D eigenvalue weighted by Crippen LogP contribution is 2.36. The second-order valence-electron chi connectivity index (χ2n) is 8.18. The van der Waals surface area contributed by atoms with Crippen molar-refractivity contribution in [1.82, 2.24) is 9.47 Å². The highest BCUT2D eigenvalue weighted by molar-refractivity contribution is 8.26. The highest BCUT2D eigenvalue weighted by Gasteiger charge is 2.33. The van der Waals surface area contributed by atoms with Gasteiger partial charge in [-0.2, -0.15) is 5.26 Å². The number of carboxylic acid groups (broad SMARTS) is 1. The van der Waals surface area contributed by atoms with Crippen molar-refractivity contribution in [2.45, 2.75) is 58.9 Å². The van der Waals surface area contributed by atoms with Crippen LogP contribution < -0.4 is 10.5 Å². The number of pyridine rings is 1. The van der Waals surface area contributed by atoms with Crippen molar-refractivity contribution >= 4 is 52.1 Å². The number of nitrogens with zero attached hydrogens (tertiary/aromatic N) is 4. The maximum Gasteiger partial charge on any atom is 0.305 e. The van der Waals surface area contributed by atoms with E-state index in [4.69, 9.17) is 17.3 Å². The first-order valence-corrected chi connectivity index (χ1v) is 12.4. The van der Waals surface area contributed by atoms with Gasteiger partial charge in [-0.3, -0.25) is 23.9 Å². The fourth-order valence-electron chi connectivity index (χ4n) is 4.23. The Morgan fingerprint density at radius 3 is 2.45 bits per heavy atom. The van der Waals surface area contributed by atoms with E-state index >= 15 is 0 Å². The summed E-state index contributed by atoms with van der Waals surface area (Å²) in [7, 11) is 0. The maximum absolute atomic E-state index is 13.2. The molecule has 1 amide bonds. The summed E-state index contributed by atoms with van der Waals surface area (Å²) in [4.78, 5) is 41.1. The Bertz CT molecular complexity index is 1100. The number of thiocarbonyl (C=S) groups is 1. The SMILES string of the molecule is CCCn1c(N2CCCCCC2)c(/C=C2/SC(=S)N(CCC(=O)O)C2=O)c(C)c(C#N)c1=O. The molecule has 0 aliphatic carbocycles. The number of thioether (sulfide) groups is 1. The van der Waals surface area contributed by atoms with Gasteiger partial charge in [-0.25, -0.2) is 0 Å². The number of aliphatic carboxylic acids is 1. The summed E-state index contributed by atoms with van der Waals surface area (Å²) in [5, 5.41) is 18.7. The number of carbonyl (C=O) groups is 2. The number of carbonyl (C=O) groups excluding carboxylic acids is 1. The van der Waals surface area contributed by atoms with Gasteiger partial charge in [0, 0.05) is 31.7 Å². The molecule has 2 aliphatic rings. The Labute approximate surface area is 202 Å². The average molecular weight is 489 g/mol. The molecule has 10 heteroatoms. The topological polar surface area (TPSA) is 107 Å². The average Bonchev–Trinajstić information content (AvgIpc) is 2.94. The van der Waals surface area contributed by atoms with Gasteiger partial charge < -0.3 is 10.0 Å². The lowest BCUT2D eigenvalue weighted by Gasteiger charge is -2.29. The van der Waals surface area contributed by atoms with E-state index in [-0.39, 0.29) is 30.0 Å². The molecule has 2 aliphatic heterocycles. The zero-order valence-electron chi connectivity index (χ0n) is 18.9. The standard InChI is InChI=1S/C23H28N4O4S2/c1-3-9-26-20(25-10-6-4-5-7-11-25)16(15(2)17(14-24)21(26)30)13-18-22(31)27(23(32)33-18)12-8-19(28)29/h13H,3-12H2,1-2H3,(H,28,29)/b18-13+. The van der Waals surface area contributed by atoms with Crippen LogP contribution >= 0.6 is 24.0 Å². The van der Waals surface area contributed by atoms with Gasteiger partial charge in [0.15, 0.2) is 0 Å². The summed E-state index contributed by atoms with van der Waals surface area (Å²) in [6.07, 6.45) is 6.53. The van der Waals surface area contributed by atoms with Gasteiger partial charge in [0.25, 0.3) is 11.5 Å². The summed E-state index contributed by atoms with van der Waals surface area (Å²) in [5.41, 5.74) is 1.00.